The molecule has 5 nitrogen and oxygen atoms in total. The summed E-state index contributed by atoms with van der Waals surface area (Å²) in [6.07, 6.45) is 5.28. The Kier molecular flexibility index (Phi) is 3.78. The molecular weight excluding hydrogens is 218 g/mol. The second-order valence-corrected chi connectivity index (χ2v) is 4.71. The van der Waals surface area contributed by atoms with Crippen molar-refractivity contribution in [3.8, 4) is 0 Å². The first-order chi connectivity index (χ1) is 8.16. The van der Waals surface area contributed by atoms with Gasteiger partial charge >= 0.3 is 5.97 Å². The molecule has 0 amide bonds. The summed E-state index contributed by atoms with van der Waals surface area (Å²) in [5, 5.41) is 16.5. The van der Waals surface area contributed by atoms with Gasteiger partial charge in [0.05, 0.1) is 11.6 Å². The molecule has 0 aliphatic heterocycles. The van der Waals surface area contributed by atoms with Crippen LogP contribution in [0.4, 0.5) is 0 Å². The van der Waals surface area contributed by atoms with Gasteiger partial charge in [0, 0.05) is 25.8 Å². The smallest absolute Gasteiger partial charge is 0.306 e. The summed E-state index contributed by atoms with van der Waals surface area (Å²) in [4.78, 5) is 10.8. The number of aliphatic carboxylic acids is 1. The molecule has 0 bridgehead atoms. The fourth-order valence-corrected chi connectivity index (χ4v) is 2.37. The highest BCUT2D eigenvalue weighted by Crippen LogP contribution is 2.24. The third-order valence-corrected chi connectivity index (χ3v) is 3.57. The van der Waals surface area contributed by atoms with Gasteiger partial charge in [-0.3, -0.25) is 9.48 Å². The molecule has 1 aromatic heterocycles. The Hall–Kier alpha value is -1.36. The Labute approximate surface area is 101 Å². The van der Waals surface area contributed by atoms with Crippen LogP contribution in [0.2, 0.25) is 0 Å². The molecule has 0 aromatic carbocycles. The third-order valence-electron chi connectivity index (χ3n) is 3.57. The average Bonchev–Trinajstić information content (AvgIpc) is 2.73. The predicted molar refractivity (Wildman–Crippen MR) is 63.4 cm³/mol. The molecule has 94 valence electrons. The second-order valence-electron chi connectivity index (χ2n) is 4.71. The van der Waals surface area contributed by atoms with E-state index in [1.54, 1.807) is 6.20 Å². The molecule has 17 heavy (non-hydrogen) atoms. The van der Waals surface area contributed by atoms with E-state index in [0.29, 0.717) is 6.04 Å². The lowest BCUT2D eigenvalue weighted by atomic mass is 9.86. The Morgan fingerprint density at radius 2 is 2.24 bits per heavy atom. The van der Waals surface area contributed by atoms with E-state index in [1.807, 2.05) is 17.8 Å². The van der Waals surface area contributed by atoms with E-state index in [4.69, 9.17) is 5.11 Å². The maximum Gasteiger partial charge on any atom is 0.306 e. The lowest BCUT2D eigenvalue weighted by molar-refractivity contribution is -0.142. The average molecular weight is 237 g/mol. The van der Waals surface area contributed by atoms with Gasteiger partial charge in [0.25, 0.3) is 0 Å². The quantitative estimate of drug-likeness (QED) is 0.824. The molecule has 0 saturated heterocycles. The number of aromatic nitrogens is 2. The van der Waals surface area contributed by atoms with Crippen LogP contribution < -0.4 is 5.32 Å². The number of rotatable bonds is 4. The number of carbonyl (C=O) groups is 1. The lowest BCUT2D eigenvalue weighted by Crippen LogP contribution is -2.34. The van der Waals surface area contributed by atoms with E-state index in [0.717, 1.165) is 37.9 Å². The summed E-state index contributed by atoms with van der Waals surface area (Å²) in [6.45, 7) is 0.804. The SMILES string of the molecule is Cn1nccc1CNC1CCC(C(=O)O)CC1. The maximum absolute atomic E-state index is 10.8. The number of hydrogen-bond donors (Lipinski definition) is 2. The lowest BCUT2D eigenvalue weighted by Gasteiger charge is -2.26. The monoisotopic (exact) mass is 237 g/mol. The first-order valence-electron chi connectivity index (χ1n) is 6.10. The van der Waals surface area contributed by atoms with Gasteiger partial charge in [-0.2, -0.15) is 5.10 Å². The molecule has 5 heteroatoms. The van der Waals surface area contributed by atoms with E-state index in [2.05, 4.69) is 10.4 Å². The molecule has 1 aliphatic carbocycles. The molecule has 1 fully saturated rings. The minimum atomic E-state index is -0.643. The maximum atomic E-state index is 10.8. The van der Waals surface area contributed by atoms with Crippen LogP contribution in [-0.2, 0) is 18.4 Å². The molecule has 0 spiro atoms. The van der Waals surface area contributed by atoms with Crippen LogP contribution in [0, 0.1) is 5.92 Å². The largest absolute Gasteiger partial charge is 0.481 e. The third kappa shape index (κ3) is 3.06. The molecule has 1 aliphatic rings. The number of nitrogens with zero attached hydrogens (tertiary/aromatic N) is 2. The normalized spacial score (nSPS) is 24.8. The minimum absolute atomic E-state index is 0.134. The summed E-state index contributed by atoms with van der Waals surface area (Å²) < 4.78 is 1.86. The fourth-order valence-electron chi connectivity index (χ4n) is 2.37. The van der Waals surface area contributed by atoms with E-state index in [-0.39, 0.29) is 5.92 Å². The van der Waals surface area contributed by atoms with Crippen molar-refractivity contribution in [2.24, 2.45) is 13.0 Å². The Morgan fingerprint density at radius 1 is 1.53 bits per heavy atom. The standard InChI is InChI=1S/C12H19N3O2/c1-15-11(6-7-14-15)8-13-10-4-2-9(3-5-10)12(16)17/h6-7,9-10,13H,2-5,8H2,1H3,(H,16,17). The first-order valence-corrected chi connectivity index (χ1v) is 6.10. The molecule has 0 unspecified atom stereocenters. The van der Waals surface area contributed by atoms with Crippen LogP contribution >= 0.6 is 0 Å². The van der Waals surface area contributed by atoms with Crippen LogP contribution in [0.5, 0.6) is 0 Å². The van der Waals surface area contributed by atoms with Gasteiger partial charge in [-0.1, -0.05) is 0 Å². The summed E-state index contributed by atoms with van der Waals surface area (Å²) in [7, 11) is 1.93. The Morgan fingerprint density at radius 3 is 2.76 bits per heavy atom. The van der Waals surface area contributed by atoms with Crippen LogP contribution in [-0.4, -0.2) is 26.9 Å². The summed E-state index contributed by atoms with van der Waals surface area (Å²) in [5.74, 6) is -0.778. The van der Waals surface area contributed by atoms with Crippen molar-refractivity contribution in [3.63, 3.8) is 0 Å². The number of carboxylic acid groups (broad SMARTS) is 1. The van der Waals surface area contributed by atoms with Crippen LogP contribution in [0.15, 0.2) is 12.3 Å². The highest BCUT2D eigenvalue weighted by Gasteiger charge is 2.25. The van der Waals surface area contributed by atoms with E-state index >= 15 is 0 Å². The van der Waals surface area contributed by atoms with Crippen molar-refractivity contribution >= 4 is 5.97 Å². The molecule has 2 rings (SSSR count). The molecule has 1 saturated carbocycles. The van der Waals surface area contributed by atoms with Crippen LogP contribution in [0.1, 0.15) is 31.4 Å². The zero-order chi connectivity index (χ0) is 12.3. The van der Waals surface area contributed by atoms with Gasteiger partial charge in [-0.25, -0.2) is 0 Å². The summed E-state index contributed by atoms with van der Waals surface area (Å²) in [6, 6.07) is 2.44. The van der Waals surface area contributed by atoms with E-state index in [9.17, 15) is 4.79 Å². The van der Waals surface area contributed by atoms with E-state index < -0.39 is 5.97 Å². The summed E-state index contributed by atoms with van der Waals surface area (Å²) >= 11 is 0. The predicted octanol–water partition coefficient (Wildman–Crippen LogP) is 1.15. The molecule has 0 atom stereocenters. The highest BCUT2D eigenvalue weighted by molar-refractivity contribution is 5.70. The second kappa shape index (κ2) is 5.31. The fraction of sp³-hybridized carbons (Fsp3) is 0.667. The van der Waals surface area contributed by atoms with Crippen molar-refractivity contribution in [2.45, 2.75) is 38.3 Å². The Balaban J connectivity index is 1.75. The van der Waals surface area contributed by atoms with Crippen molar-refractivity contribution in [3.05, 3.63) is 18.0 Å². The molecular formula is C12H19N3O2. The summed E-state index contributed by atoms with van der Waals surface area (Å²) in [5.41, 5.74) is 1.16. The molecule has 1 aromatic rings. The first kappa shape index (κ1) is 12.1. The van der Waals surface area contributed by atoms with Gasteiger partial charge in [0.2, 0.25) is 0 Å². The Bertz CT molecular complexity index is 381. The van der Waals surface area contributed by atoms with Gasteiger partial charge in [0.15, 0.2) is 0 Å². The van der Waals surface area contributed by atoms with Crippen LogP contribution in [0.25, 0.3) is 0 Å². The molecule has 0 radical (unpaired) electrons. The number of nitrogens with one attached hydrogen (secondary N) is 1. The number of hydrogen-bond acceptors (Lipinski definition) is 3. The zero-order valence-electron chi connectivity index (χ0n) is 10.1. The minimum Gasteiger partial charge on any atom is -0.481 e. The van der Waals surface area contributed by atoms with Crippen molar-refractivity contribution in [2.75, 3.05) is 0 Å². The van der Waals surface area contributed by atoms with Crippen LogP contribution in [0.3, 0.4) is 0 Å². The van der Waals surface area contributed by atoms with Gasteiger partial charge in [-0.05, 0) is 31.7 Å². The number of carboxylic acids is 1. The molecule has 2 N–H and O–H groups in total. The topological polar surface area (TPSA) is 67.2 Å². The van der Waals surface area contributed by atoms with Crippen molar-refractivity contribution in [1.29, 1.82) is 0 Å². The molecule has 1 heterocycles. The van der Waals surface area contributed by atoms with Gasteiger partial charge in [0.1, 0.15) is 0 Å². The number of aryl methyl sites for hydroxylation is 1. The van der Waals surface area contributed by atoms with Gasteiger partial charge < -0.3 is 10.4 Å². The van der Waals surface area contributed by atoms with Crippen molar-refractivity contribution < 1.29 is 9.90 Å². The van der Waals surface area contributed by atoms with E-state index in [1.165, 1.54) is 0 Å². The van der Waals surface area contributed by atoms with Gasteiger partial charge in [-0.15, -0.1) is 0 Å². The van der Waals surface area contributed by atoms with Crippen molar-refractivity contribution in [1.82, 2.24) is 15.1 Å². The zero-order valence-corrected chi connectivity index (χ0v) is 10.1. The highest BCUT2D eigenvalue weighted by atomic mass is 16.4.